The van der Waals surface area contributed by atoms with E-state index in [0.717, 1.165) is 11.1 Å². The van der Waals surface area contributed by atoms with Crippen LogP contribution < -0.4 is 4.72 Å². The molecule has 0 bridgehead atoms. The molecule has 0 aliphatic rings. The number of aryl methyl sites for hydroxylation is 2. The van der Waals surface area contributed by atoms with Gasteiger partial charge in [0.15, 0.2) is 5.76 Å². The van der Waals surface area contributed by atoms with E-state index in [2.05, 4.69) is 14.9 Å². The smallest absolute Gasteiger partial charge is 0.295 e. The first-order valence-corrected chi connectivity index (χ1v) is 8.34. The molecule has 120 valence electrons. The number of aromatic nitrogens is 2. The molecule has 8 heteroatoms. The molecule has 0 aliphatic heterocycles. The molecule has 0 saturated heterocycles. The maximum atomic E-state index is 12.4. The van der Waals surface area contributed by atoms with E-state index in [9.17, 15) is 8.42 Å². The number of hydrogen-bond donors (Lipinski definition) is 1. The van der Waals surface area contributed by atoms with E-state index < -0.39 is 10.0 Å². The van der Waals surface area contributed by atoms with Gasteiger partial charge in [-0.1, -0.05) is 12.1 Å². The highest BCUT2D eigenvalue weighted by Crippen LogP contribution is 2.26. The Morgan fingerprint density at radius 1 is 1.00 bits per heavy atom. The Morgan fingerprint density at radius 2 is 1.78 bits per heavy atom. The Bertz CT molecular complexity index is 957. The summed E-state index contributed by atoms with van der Waals surface area (Å²) < 4.78 is 38.0. The average molecular weight is 333 g/mol. The van der Waals surface area contributed by atoms with Crippen LogP contribution in [0.3, 0.4) is 0 Å². The summed E-state index contributed by atoms with van der Waals surface area (Å²) in [5.74, 6) is 0.706. The molecule has 0 unspecified atom stereocenters. The zero-order chi connectivity index (χ0) is 16.6. The molecule has 0 saturated carbocycles. The first-order valence-electron chi connectivity index (χ1n) is 6.86. The maximum Gasteiger partial charge on any atom is 0.295 e. The minimum atomic E-state index is -3.84. The lowest BCUT2D eigenvalue weighted by atomic mass is 10.1. The third-order valence-corrected chi connectivity index (χ3v) is 4.67. The van der Waals surface area contributed by atoms with Gasteiger partial charge in [-0.3, -0.25) is 4.72 Å². The number of furan rings is 1. The van der Waals surface area contributed by atoms with Crippen molar-refractivity contribution in [1.29, 1.82) is 0 Å². The summed E-state index contributed by atoms with van der Waals surface area (Å²) in [4.78, 5) is 0. The van der Waals surface area contributed by atoms with Gasteiger partial charge in [-0.25, -0.2) is 0 Å². The normalized spacial score (nSPS) is 11.6. The van der Waals surface area contributed by atoms with Crippen LogP contribution in [-0.4, -0.2) is 18.6 Å². The fourth-order valence-electron chi connectivity index (χ4n) is 2.03. The number of benzene rings is 1. The predicted molar refractivity (Wildman–Crippen MR) is 83.5 cm³/mol. The second-order valence-corrected chi connectivity index (χ2v) is 6.71. The van der Waals surface area contributed by atoms with Crippen LogP contribution in [0.25, 0.3) is 11.7 Å². The van der Waals surface area contributed by atoms with Gasteiger partial charge in [-0.2, -0.15) is 8.42 Å². The largest absolute Gasteiger partial charge is 0.438 e. The summed E-state index contributed by atoms with van der Waals surface area (Å²) in [5, 5.41) is 7.26. The Labute approximate surface area is 133 Å². The van der Waals surface area contributed by atoms with Crippen molar-refractivity contribution in [2.75, 3.05) is 4.72 Å². The van der Waals surface area contributed by atoms with Crippen molar-refractivity contribution in [1.82, 2.24) is 10.2 Å². The first kappa shape index (κ1) is 15.3. The Kier molecular flexibility index (Phi) is 3.69. The highest BCUT2D eigenvalue weighted by Gasteiger charge is 2.22. The molecule has 3 aromatic rings. The van der Waals surface area contributed by atoms with Gasteiger partial charge in [0.1, 0.15) is 0 Å². The van der Waals surface area contributed by atoms with E-state index in [1.807, 2.05) is 19.9 Å². The van der Waals surface area contributed by atoms with Crippen molar-refractivity contribution in [2.24, 2.45) is 0 Å². The van der Waals surface area contributed by atoms with Crippen molar-refractivity contribution >= 4 is 15.7 Å². The molecule has 0 fully saturated rings. The second kappa shape index (κ2) is 5.54. The van der Waals surface area contributed by atoms with Crippen molar-refractivity contribution in [2.45, 2.75) is 25.9 Å². The molecule has 0 radical (unpaired) electrons. The fraction of sp³-hybridized carbons (Fsp3) is 0.200. The van der Waals surface area contributed by atoms with Crippen molar-refractivity contribution in [3.8, 4) is 11.7 Å². The molecular weight excluding hydrogens is 318 g/mol. The van der Waals surface area contributed by atoms with Gasteiger partial charge >= 0.3 is 0 Å². The number of nitrogens with zero attached hydrogens (tertiary/aromatic N) is 2. The van der Waals surface area contributed by atoms with Crippen LogP contribution in [0.5, 0.6) is 0 Å². The summed E-state index contributed by atoms with van der Waals surface area (Å²) in [6, 6.07) is 8.23. The number of hydrogen-bond acceptors (Lipinski definition) is 6. The summed E-state index contributed by atoms with van der Waals surface area (Å²) in [7, 11) is -3.84. The fourth-order valence-corrected chi connectivity index (χ4v) is 3.09. The molecular formula is C15H15N3O4S. The van der Waals surface area contributed by atoms with Crippen LogP contribution in [0, 0.1) is 20.8 Å². The average Bonchev–Trinajstić information content (AvgIpc) is 3.12. The van der Waals surface area contributed by atoms with Crippen molar-refractivity contribution < 1.29 is 17.3 Å². The van der Waals surface area contributed by atoms with Crippen LogP contribution in [0.4, 0.5) is 5.69 Å². The Morgan fingerprint density at radius 3 is 2.48 bits per heavy atom. The summed E-state index contributed by atoms with van der Waals surface area (Å²) in [6.07, 6.45) is 0. The van der Waals surface area contributed by atoms with Gasteiger partial charge in [0.25, 0.3) is 15.9 Å². The minimum Gasteiger partial charge on any atom is -0.438 e. The van der Waals surface area contributed by atoms with Crippen molar-refractivity contribution in [3.63, 3.8) is 0 Å². The van der Waals surface area contributed by atoms with E-state index in [1.165, 1.54) is 12.1 Å². The molecule has 2 heterocycles. The summed E-state index contributed by atoms with van der Waals surface area (Å²) in [6.45, 7) is 5.40. The minimum absolute atomic E-state index is 0.135. The number of sulfonamides is 1. The lowest BCUT2D eigenvalue weighted by Crippen LogP contribution is -2.13. The van der Waals surface area contributed by atoms with Gasteiger partial charge in [-0.05, 0) is 43.2 Å². The molecule has 0 spiro atoms. The van der Waals surface area contributed by atoms with Crippen LogP contribution in [-0.2, 0) is 10.0 Å². The molecule has 0 atom stereocenters. The summed E-state index contributed by atoms with van der Waals surface area (Å²) >= 11 is 0. The molecule has 1 N–H and O–H groups in total. The van der Waals surface area contributed by atoms with Gasteiger partial charge in [0.05, 0.1) is 5.69 Å². The van der Waals surface area contributed by atoms with Gasteiger partial charge in [0, 0.05) is 6.92 Å². The molecule has 1 aromatic carbocycles. The van der Waals surface area contributed by atoms with Gasteiger partial charge in [0.2, 0.25) is 11.0 Å². The van der Waals surface area contributed by atoms with Crippen molar-refractivity contribution in [3.05, 3.63) is 47.3 Å². The highest BCUT2D eigenvalue weighted by molar-refractivity contribution is 7.92. The zero-order valence-electron chi connectivity index (χ0n) is 12.8. The van der Waals surface area contributed by atoms with Crippen LogP contribution in [0.2, 0.25) is 0 Å². The topological polar surface area (TPSA) is 98.2 Å². The molecule has 23 heavy (non-hydrogen) atoms. The van der Waals surface area contributed by atoms with E-state index in [-0.39, 0.29) is 16.7 Å². The van der Waals surface area contributed by atoms with E-state index in [4.69, 9.17) is 8.83 Å². The van der Waals surface area contributed by atoms with Crippen LogP contribution in [0.15, 0.2) is 44.3 Å². The molecule has 2 aromatic heterocycles. The Hall–Kier alpha value is -2.61. The first-order chi connectivity index (χ1) is 10.9. The SMILES string of the molecule is Cc1nnc(-c2ccc(S(=O)(=O)Nc3cccc(C)c3C)o2)o1. The van der Waals surface area contributed by atoms with Gasteiger partial charge in [-0.15, -0.1) is 10.2 Å². The number of anilines is 1. The third-order valence-electron chi connectivity index (χ3n) is 3.43. The van der Waals surface area contributed by atoms with Crippen LogP contribution >= 0.6 is 0 Å². The highest BCUT2D eigenvalue weighted by atomic mass is 32.2. The Balaban J connectivity index is 1.91. The lowest BCUT2D eigenvalue weighted by Gasteiger charge is -2.10. The quantitative estimate of drug-likeness (QED) is 0.788. The number of rotatable bonds is 4. The third kappa shape index (κ3) is 2.98. The zero-order valence-corrected chi connectivity index (χ0v) is 13.6. The van der Waals surface area contributed by atoms with E-state index >= 15 is 0 Å². The maximum absolute atomic E-state index is 12.4. The van der Waals surface area contributed by atoms with Gasteiger partial charge < -0.3 is 8.83 Å². The lowest BCUT2D eigenvalue weighted by molar-refractivity contribution is 0.439. The second-order valence-electron chi connectivity index (χ2n) is 5.10. The molecule has 7 nitrogen and oxygen atoms in total. The van der Waals surface area contributed by atoms with Crippen LogP contribution in [0.1, 0.15) is 17.0 Å². The monoisotopic (exact) mass is 333 g/mol. The molecule has 3 rings (SSSR count). The molecule has 0 amide bonds. The standard InChI is InChI=1S/C15H15N3O4S/c1-9-5-4-6-12(10(9)2)18-23(19,20)14-8-7-13(22-14)15-17-16-11(3)21-15/h4-8,18H,1-3H3. The van der Waals surface area contributed by atoms with E-state index in [1.54, 1.807) is 19.1 Å². The molecule has 0 aliphatic carbocycles. The predicted octanol–water partition coefficient (Wildman–Crippen LogP) is 3.06. The van der Waals surface area contributed by atoms with E-state index in [0.29, 0.717) is 11.6 Å². The number of nitrogens with one attached hydrogen (secondary N) is 1. The summed E-state index contributed by atoms with van der Waals surface area (Å²) in [5.41, 5.74) is 2.36.